The van der Waals surface area contributed by atoms with Crippen molar-refractivity contribution in [1.82, 2.24) is 4.68 Å². The lowest BCUT2D eigenvalue weighted by atomic mass is 10.2. The molecule has 0 bridgehead atoms. The quantitative estimate of drug-likeness (QED) is 0.573. The second-order valence-electron chi connectivity index (χ2n) is 4.41. The monoisotopic (exact) mass is 273 g/mol. The van der Waals surface area contributed by atoms with E-state index in [1.165, 1.54) is 30.1 Å². The number of carbonyl (C=O) groups excluding carboxylic acids is 3. The zero-order valence-corrected chi connectivity index (χ0v) is 11.1. The molecule has 0 saturated carbocycles. The van der Waals surface area contributed by atoms with E-state index in [1.54, 1.807) is 6.08 Å². The Labute approximate surface area is 115 Å². The molecule has 0 spiro atoms. The summed E-state index contributed by atoms with van der Waals surface area (Å²) in [6.07, 6.45) is 6.19. The van der Waals surface area contributed by atoms with Gasteiger partial charge in [0.1, 0.15) is 0 Å². The zero-order valence-electron chi connectivity index (χ0n) is 11.1. The summed E-state index contributed by atoms with van der Waals surface area (Å²) in [4.78, 5) is 35.3. The molecule has 1 aliphatic rings. The molecule has 1 aromatic heterocycles. The van der Waals surface area contributed by atoms with Gasteiger partial charge in [-0.05, 0) is 13.0 Å². The van der Waals surface area contributed by atoms with E-state index < -0.39 is 0 Å². The Balaban J connectivity index is 2.80. The van der Waals surface area contributed by atoms with Gasteiger partial charge in [0.2, 0.25) is 11.8 Å². The molecule has 0 radical (unpaired) electrons. The van der Waals surface area contributed by atoms with Crippen LogP contribution in [-0.2, 0) is 9.59 Å². The van der Waals surface area contributed by atoms with Crippen LogP contribution in [0.25, 0.3) is 12.3 Å². The van der Waals surface area contributed by atoms with Crippen LogP contribution in [0.3, 0.4) is 0 Å². The number of aromatic nitrogens is 1. The Kier molecular flexibility index (Phi) is 3.56. The maximum atomic E-state index is 11.8. The van der Waals surface area contributed by atoms with Crippen molar-refractivity contribution in [3.63, 3.8) is 0 Å². The molecule has 20 heavy (non-hydrogen) atoms. The topological polar surface area (TPSA) is 85.4 Å². The van der Waals surface area contributed by atoms with Crippen LogP contribution < -0.4 is 21.3 Å². The van der Waals surface area contributed by atoms with Crippen LogP contribution in [0.1, 0.15) is 30.1 Å². The van der Waals surface area contributed by atoms with Crippen LogP contribution >= 0.6 is 0 Å². The van der Waals surface area contributed by atoms with Crippen molar-refractivity contribution < 1.29 is 14.4 Å². The first-order valence-corrected chi connectivity index (χ1v) is 6.14. The second-order valence-corrected chi connectivity index (χ2v) is 4.41. The molecule has 6 nitrogen and oxygen atoms in total. The van der Waals surface area contributed by atoms with Crippen LogP contribution in [0, 0.1) is 0 Å². The molecule has 2 amide bonds. The Hall–Kier alpha value is -2.63. The fraction of sp³-hybridized carbons (Fsp3) is 0.214. The van der Waals surface area contributed by atoms with E-state index in [4.69, 9.17) is 5.73 Å². The molecule has 104 valence electrons. The number of hydrogen-bond acceptors (Lipinski definition) is 4. The fourth-order valence-electron chi connectivity index (χ4n) is 2.23. The summed E-state index contributed by atoms with van der Waals surface area (Å²) >= 11 is 0. The van der Waals surface area contributed by atoms with Gasteiger partial charge in [-0.3, -0.25) is 14.4 Å². The summed E-state index contributed by atoms with van der Waals surface area (Å²) in [5.74, 6) is -0.803. The van der Waals surface area contributed by atoms with Gasteiger partial charge in [0, 0.05) is 36.0 Å². The van der Waals surface area contributed by atoms with Crippen molar-refractivity contribution in [2.45, 2.75) is 19.8 Å². The third-order valence-electron chi connectivity index (χ3n) is 3.13. The van der Waals surface area contributed by atoms with Gasteiger partial charge in [-0.1, -0.05) is 12.7 Å². The fourth-order valence-corrected chi connectivity index (χ4v) is 2.23. The molecule has 1 fully saturated rings. The number of imide groups is 1. The maximum absolute atomic E-state index is 11.8. The minimum Gasteiger partial charge on any atom is -0.404 e. The van der Waals surface area contributed by atoms with Gasteiger partial charge >= 0.3 is 0 Å². The number of ketones is 1. The van der Waals surface area contributed by atoms with Crippen LogP contribution in [0.5, 0.6) is 0 Å². The van der Waals surface area contributed by atoms with E-state index in [-0.39, 0.29) is 30.4 Å². The van der Waals surface area contributed by atoms with E-state index >= 15 is 0 Å². The smallest absolute Gasteiger partial charge is 0.249 e. The molecule has 1 aromatic rings. The second kappa shape index (κ2) is 5.16. The van der Waals surface area contributed by atoms with Crippen LogP contribution in [0.15, 0.2) is 18.9 Å². The van der Waals surface area contributed by atoms with E-state index in [2.05, 4.69) is 6.58 Å². The lowest BCUT2D eigenvalue weighted by Gasteiger charge is -2.15. The summed E-state index contributed by atoms with van der Waals surface area (Å²) < 4.78 is 1.37. The summed E-state index contributed by atoms with van der Waals surface area (Å²) in [6, 6.07) is 0. The van der Waals surface area contributed by atoms with Crippen molar-refractivity contribution in [2.75, 3.05) is 5.01 Å². The van der Waals surface area contributed by atoms with Crippen LogP contribution in [0.4, 0.5) is 0 Å². The average molecular weight is 273 g/mol. The number of carbonyl (C=O) groups is 3. The van der Waals surface area contributed by atoms with E-state index in [1.807, 2.05) is 0 Å². The summed E-state index contributed by atoms with van der Waals surface area (Å²) in [7, 11) is 0. The molecule has 0 unspecified atom stereocenters. The first-order valence-electron chi connectivity index (χ1n) is 6.14. The summed E-state index contributed by atoms with van der Waals surface area (Å²) in [6.45, 7) is 5.00. The maximum Gasteiger partial charge on any atom is 0.249 e. The van der Waals surface area contributed by atoms with Crippen molar-refractivity contribution in [2.24, 2.45) is 5.73 Å². The number of amides is 2. The first kappa shape index (κ1) is 13.8. The summed E-state index contributed by atoms with van der Waals surface area (Å²) in [5.41, 5.74) is 5.92. The highest BCUT2D eigenvalue weighted by Gasteiger charge is 2.31. The Morgan fingerprint density at radius 3 is 2.40 bits per heavy atom. The van der Waals surface area contributed by atoms with Gasteiger partial charge in [0.15, 0.2) is 5.78 Å². The highest BCUT2D eigenvalue weighted by Crippen LogP contribution is 2.09. The highest BCUT2D eigenvalue weighted by molar-refractivity contribution is 6.14. The Morgan fingerprint density at radius 2 is 1.95 bits per heavy atom. The number of nitrogens with two attached hydrogens (primary N) is 1. The SMILES string of the molecule is C=C/C=c1\c(=C/N)c(C(C)=O)cn1N1C(=O)CCC1=O. The molecule has 0 aliphatic carbocycles. The van der Waals surface area contributed by atoms with Crippen LogP contribution in [-0.4, -0.2) is 22.3 Å². The molecular formula is C14H15N3O3. The molecule has 1 aliphatic heterocycles. The number of allylic oxidation sites excluding steroid dienone is 1. The van der Waals surface area contributed by atoms with Gasteiger partial charge in [-0.25, -0.2) is 4.68 Å². The van der Waals surface area contributed by atoms with Gasteiger partial charge in [0.05, 0.1) is 5.35 Å². The third-order valence-corrected chi connectivity index (χ3v) is 3.13. The van der Waals surface area contributed by atoms with Gasteiger partial charge in [-0.2, -0.15) is 5.01 Å². The van der Waals surface area contributed by atoms with Gasteiger partial charge in [-0.15, -0.1) is 0 Å². The van der Waals surface area contributed by atoms with Gasteiger partial charge in [0.25, 0.3) is 0 Å². The van der Waals surface area contributed by atoms with Gasteiger partial charge < -0.3 is 5.73 Å². The lowest BCUT2D eigenvalue weighted by Crippen LogP contribution is -2.47. The van der Waals surface area contributed by atoms with Crippen molar-refractivity contribution >= 4 is 29.9 Å². The Bertz CT molecular complexity index is 712. The van der Waals surface area contributed by atoms with E-state index in [0.717, 1.165) is 5.01 Å². The minimum absolute atomic E-state index is 0.168. The number of rotatable bonds is 3. The molecular weight excluding hydrogens is 258 g/mol. The number of hydrogen-bond donors (Lipinski definition) is 1. The number of nitrogens with zero attached hydrogens (tertiary/aromatic N) is 2. The minimum atomic E-state index is -0.303. The van der Waals surface area contributed by atoms with Crippen molar-refractivity contribution in [1.29, 1.82) is 0 Å². The Morgan fingerprint density at radius 1 is 1.35 bits per heavy atom. The first-order chi connectivity index (χ1) is 9.51. The normalized spacial score (nSPS) is 17.1. The van der Waals surface area contributed by atoms with E-state index in [9.17, 15) is 14.4 Å². The average Bonchev–Trinajstić information content (AvgIpc) is 2.91. The van der Waals surface area contributed by atoms with Crippen LogP contribution in [0.2, 0.25) is 0 Å². The number of Topliss-reactive ketones (excluding diaryl/α,β-unsaturated/α-hetero) is 1. The van der Waals surface area contributed by atoms with Crippen molar-refractivity contribution in [3.05, 3.63) is 35.0 Å². The lowest BCUT2D eigenvalue weighted by molar-refractivity contribution is -0.123. The largest absolute Gasteiger partial charge is 0.404 e. The molecule has 6 heteroatoms. The molecule has 2 N–H and O–H groups in total. The van der Waals surface area contributed by atoms with E-state index in [0.29, 0.717) is 16.1 Å². The molecule has 0 atom stereocenters. The standard InChI is InChI=1S/C14H15N3O3/c1-3-4-12-10(7-15)11(9(2)18)8-16(12)17-13(19)5-6-14(17)20/h3-4,7-8H,1,5-6,15H2,2H3/b10-7-,12-4+. The molecule has 0 aromatic carbocycles. The summed E-state index contributed by atoms with van der Waals surface area (Å²) in [5, 5.41) is 2.00. The molecule has 1 saturated heterocycles. The van der Waals surface area contributed by atoms with Crippen molar-refractivity contribution in [3.8, 4) is 0 Å². The highest BCUT2D eigenvalue weighted by atomic mass is 16.2. The molecule has 2 rings (SSSR count). The predicted octanol–water partition coefficient (Wildman–Crippen LogP) is -0.861. The molecule has 2 heterocycles. The predicted molar refractivity (Wildman–Crippen MR) is 74.5 cm³/mol. The zero-order chi connectivity index (χ0) is 14.9. The third kappa shape index (κ3) is 2.05.